The lowest BCUT2D eigenvalue weighted by atomic mass is 9.94. The van der Waals surface area contributed by atoms with Gasteiger partial charge in [0.25, 0.3) is 0 Å². The molecule has 94 valence electrons. The van der Waals surface area contributed by atoms with Crippen LogP contribution in [-0.2, 0) is 6.42 Å². The van der Waals surface area contributed by atoms with Crippen LogP contribution in [0.1, 0.15) is 28.3 Å². The number of rotatable bonds is 3. The molecule has 1 aromatic carbocycles. The molecule has 2 nitrogen and oxygen atoms in total. The topological polar surface area (TPSA) is 38.9 Å². The summed E-state index contributed by atoms with van der Waals surface area (Å²) in [5.41, 5.74) is 11.2. The first-order valence-electron chi connectivity index (χ1n) is 5.99. The first kappa shape index (κ1) is 13.2. The monoisotopic (exact) mass is 304 g/mol. The number of pyridine rings is 1. The van der Waals surface area contributed by atoms with Crippen LogP contribution in [0.2, 0.25) is 0 Å². The first-order chi connectivity index (χ1) is 8.58. The highest BCUT2D eigenvalue weighted by Crippen LogP contribution is 2.22. The van der Waals surface area contributed by atoms with Crippen LogP contribution < -0.4 is 5.73 Å². The number of hydrogen-bond acceptors (Lipinski definition) is 2. The fourth-order valence-electron chi connectivity index (χ4n) is 2.11. The van der Waals surface area contributed by atoms with Crippen LogP contribution in [0.5, 0.6) is 0 Å². The number of nitrogens with two attached hydrogens (primary N) is 1. The maximum absolute atomic E-state index is 6.30. The Kier molecular flexibility index (Phi) is 4.15. The standard InChI is InChI=1S/C15H17BrN2/c1-10-4-3-5-14(11(10)2)15(17)7-12-6-13(16)9-18-8-12/h3-6,8-9,15H,7,17H2,1-2H3. The number of hydrogen-bond donors (Lipinski definition) is 1. The van der Waals surface area contributed by atoms with E-state index in [9.17, 15) is 0 Å². The fraction of sp³-hybridized carbons (Fsp3) is 0.267. The highest BCUT2D eigenvalue weighted by molar-refractivity contribution is 9.10. The Hall–Kier alpha value is -1.19. The zero-order chi connectivity index (χ0) is 13.1. The van der Waals surface area contributed by atoms with Gasteiger partial charge in [-0.15, -0.1) is 0 Å². The number of aryl methyl sites for hydroxylation is 1. The lowest BCUT2D eigenvalue weighted by molar-refractivity contribution is 0.713. The maximum atomic E-state index is 6.30. The van der Waals surface area contributed by atoms with Gasteiger partial charge in [0.1, 0.15) is 0 Å². The second-order valence-electron chi connectivity index (χ2n) is 4.61. The van der Waals surface area contributed by atoms with Crippen molar-refractivity contribution in [2.45, 2.75) is 26.3 Å². The largest absolute Gasteiger partial charge is 0.324 e. The van der Waals surface area contributed by atoms with Crippen molar-refractivity contribution in [1.82, 2.24) is 4.98 Å². The van der Waals surface area contributed by atoms with Crippen molar-refractivity contribution in [3.8, 4) is 0 Å². The molecule has 0 aliphatic carbocycles. The first-order valence-corrected chi connectivity index (χ1v) is 6.78. The summed E-state index contributed by atoms with van der Waals surface area (Å²) in [5, 5.41) is 0. The van der Waals surface area contributed by atoms with Crippen LogP contribution >= 0.6 is 15.9 Å². The third kappa shape index (κ3) is 2.98. The van der Waals surface area contributed by atoms with Crippen molar-refractivity contribution in [2.24, 2.45) is 5.73 Å². The molecule has 2 N–H and O–H groups in total. The number of aromatic nitrogens is 1. The minimum atomic E-state index is 0.0148. The van der Waals surface area contributed by atoms with Gasteiger partial charge in [-0.05, 0) is 64.5 Å². The molecule has 0 fully saturated rings. The van der Waals surface area contributed by atoms with Gasteiger partial charge in [-0.25, -0.2) is 0 Å². The molecule has 0 bridgehead atoms. The Morgan fingerprint density at radius 3 is 2.78 bits per heavy atom. The molecule has 0 saturated carbocycles. The molecular weight excluding hydrogens is 288 g/mol. The fourth-order valence-corrected chi connectivity index (χ4v) is 2.52. The van der Waals surface area contributed by atoms with Gasteiger partial charge in [0.05, 0.1) is 0 Å². The zero-order valence-corrected chi connectivity index (χ0v) is 12.2. The number of nitrogens with zero attached hydrogens (tertiary/aromatic N) is 1. The molecule has 2 aromatic rings. The highest BCUT2D eigenvalue weighted by atomic mass is 79.9. The zero-order valence-electron chi connectivity index (χ0n) is 10.7. The molecule has 1 atom stereocenters. The highest BCUT2D eigenvalue weighted by Gasteiger charge is 2.11. The second-order valence-corrected chi connectivity index (χ2v) is 5.53. The summed E-state index contributed by atoms with van der Waals surface area (Å²) in [6.07, 6.45) is 4.46. The third-order valence-electron chi connectivity index (χ3n) is 3.26. The van der Waals surface area contributed by atoms with Gasteiger partial charge in [0.2, 0.25) is 0 Å². The van der Waals surface area contributed by atoms with Crippen LogP contribution in [0.15, 0.2) is 41.1 Å². The van der Waals surface area contributed by atoms with E-state index in [2.05, 4.69) is 59.0 Å². The minimum Gasteiger partial charge on any atom is -0.324 e. The average molecular weight is 305 g/mol. The van der Waals surface area contributed by atoms with Crippen LogP contribution in [-0.4, -0.2) is 4.98 Å². The number of halogens is 1. The van der Waals surface area contributed by atoms with Gasteiger partial charge in [0, 0.05) is 22.9 Å². The molecular formula is C15H17BrN2. The lowest BCUT2D eigenvalue weighted by Gasteiger charge is -2.16. The third-order valence-corrected chi connectivity index (χ3v) is 3.70. The molecule has 1 heterocycles. The molecule has 2 rings (SSSR count). The van der Waals surface area contributed by atoms with E-state index in [0.717, 1.165) is 16.5 Å². The van der Waals surface area contributed by atoms with Gasteiger partial charge >= 0.3 is 0 Å². The van der Waals surface area contributed by atoms with Gasteiger partial charge < -0.3 is 5.73 Å². The molecule has 0 radical (unpaired) electrons. The Balaban J connectivity index is 2.22. The smallest absolute Gasteiger partial charge is 0.0410 e. The van der Waals surface area contributed by atoms with Gasteiger partial charge in [-0.3, -0.25) is 4.98 Å². The summed E-state index contributed by atoms with van der Waals surface area (Å²) >= 11 is 3.43. The van der Waals surface area contributed by atoms with Crippen molar-refractivity contribution in [2.75, 3.05) is 0 Å². The molecule has 0 aliphatic rings. The van der Waals surface area contributed by atoms with Crippen molar-refractivity contribution in [3.63, 3.8) is 0 Å². The molecule has 18 heavy (non-hydrogen) atoms. The van der Waals surface area contributed by atoms with E-state index in [1.807, 2.05) is 6.20 Å². The summed E-state index contributed by atoms with van der Waals surface area (Å²) in [6.45, 7) is 4.25. The summed E-state index contributed by atoms with van der Waals surface area (Å²) in [6, 6.07) is 8.38. The Labute approximate surface area is 116 Å². The quantitative estimate of drug-likeness (QED) is 0.939. The molecule has 3 heteroatoms. The van der Waals surface area contributed by atoms with Crippen LogP contribution in [0, 0.1) is 13.8 Å². The number of benzene rings is 1. The molecule has 0 amide bonds. The van der Waals surface area contributed by atoms with E-state index in [1.54, 1.807) is 6.20 Å². The van der Waals surface area contributed by atoms with Crippen molar-refractivity contribution in [3.05, 3.63) is 63.4 Å². The van der Waals surface area contributed by atoms with E-state index in [-0.39, 0.29) is 6.04 Å². The molecule has 0 spiro atoms. The second kappa shape index (κ2) is 5.63. The van der Waals surface area contributed by atoms with E-state index in [0.29, 0.717) is 0 Å². The van der Waals surface area contributed by atoms with E-state index >= 15 is 0 Å². The van der Waals surface area contributed by atoms with Crippen molar-refractivity contribution in [1.29, 1.82) is 0 Å². The average Bonchev–Trinajstić information content (AvgIpc) is 2.32. The van der Waals surface area contributed by atoms with E-state index in [1.165, 1.54) is 16.7 Å². The normalized spacial score (nSPS) is 12.4. The SMILES string of the molecule is Cc1cccc(C(N)Cc2cncc(Br)c2)c1C. The van der Waals surface area contributed by atoms with Crippen molar-refractivity contribution >= 4 is 15.9 Å². The summed E-state index contributed by atoms with van der Waals surface area (Å²) in [5.74, 6) is 0. The summed E-state index contributed by atoms with van der Waals surface area (Å²) < 4.78 is 0.994. The Bertz CT molecular complexity index is 552. The predicted molar refractivity (Wildman–Crippen MR) is 78.5 cm³/mol. The van der Waals surface area contributed by atoms with Crippen molar-refractivity contribution < 1.29 is 0 Å². The lowest BCUT2D eigenvalue weighted by Crippen LogP contribution is -2.15. The van der Waals surface area contributed by atoms with Crippen LogP contribution in [0.3, 0.4) is 0 Å². The van der Waals surface area contributed by atoms with Crippen LogP contribution in [0.4, 0.5) is 0 Å². The molecule has 0 aliphatic heterocycles. The van der Waals surface area contributed by atoms with E-state index < -0.39 is 0 Å². The Morgan fingerprint density at radius 1 is 1.28 bits per heavy atom. The van der Waals surface area contributed by atoms with Gasteiger partial charge in [-0.1, -0.05) is 18.2 Å². The Morgan fingerprint density at radius 2 is 2.06 bits per heavy atom. The maximum Gasteiger partial charge on any atom is 0.0410 e. The molecule has 1 aromatic heterocycles. The van der Waals surface area contributed by atoms with E-state index in [4.69, 9.17) is 5.73 Å². The predicted octanol–water partition coefficient (Wildman–Crippen LogP) is 3.70. The molecule has 1 unspecified atom stereocenters. The summed E-state index contributed by atoms with van der Waals surface area (Å²) in [7, 11) is 0. The minimum absolute atomic E-state index is 0.0148. The van der Waals surface area contributed by atoms with Gasteiger partial charge in [0.15, 0.2) is 0 Å². The van der Waals surface area contributed by atoms with Gasteiger partial charge in [-0.2, -0.15) is 0 Å². The van der Waals surface area contributed by atoms with Crippen LogP contribution in [0.25, 0.3) is 0 Å². The summed E-state index contributed by atoms with van der Waals surface area (Å²) in [4.78, 5) is 4.17. The molecule has 0 saturated heterocycles.